The molecule has 0 unspecified atom stereocenters. The largest absolute Gasteiger partial charge is 0.480 e. The second kappa shape index (κ2) is 7.88. The Kier molecular flexibility index (Phi) is 6.84. The first kappa shape index (κ1) is 16.5. The van der Waals surface area contributed by atoms with E-state index in [-0.39, 0.29) is 17.4 Å². The zero-order chi connectivity index (χ0) is 14.4. The Balaban J connectivity index is 2.41. The number of nitrogens with two attached hydrogens (primary N) is 1. The summed E-state index contributed by atoms with van der Waals surface area (Å²) < 4.78 is 1.67. The molecule has 0 aliphatic heterocycles. The molecule has 0 radical (unpaired) electrons. The molecule has 19 heavy (non-hydrogen) atoms. The first-order valence-electron chi connectivity index (χ1n) is 5.21. The lowest BCUT2D eigenvalue weighted by molar-refractivity contribution is -0.137. The van der Waals surface area contributed by atoms with Crippen molar-refractivity contribution in [3.63, 3.8) is 0 Å². The maximum Gasteiger partial charge on any atom is 0.321 e. The molecule has 4 N–H and O–H groups in total. The van der Waals surface area contributed by atoms with Gasteiger partial charge < -0.3 is 16.2 Å². The lowest BCUT2D eigenvalue weighted by Gasteiger charge is -2.08. The average molecular weight is 412 g/mol. The number of carboxylic acids is 1. The Bertz CT molecular complexity index is 485. The lowest BCUT2D eigenvalue weighted by Crippen LogP contribution is -2.33. The molecule has 0 bridgehead atoms. The minimum atomic E-state index is -1.07. The smallest absolute Gasteiger partial charge is 0.321 e. The second-order valence-electron chi connectivity index (χ2n) is 3.63. The number of carboxylic acid groups (broad SMARTS) is 1. The maximum atomic E-state index is 11.6. The number of hydrogen-bond donors (Lipinski definition) is 3. The van der Waals surface area contributed by atoms with Crippen molar-refractivity contribution >= 4 is 61.2 Å². The van der Waals surface area contributed by atoms with Crippen LogP contribution in [0.15, 0.2) is 27.1 Å². The molecule has 0 fully saturated rings. The first-order valence-corrected chi connectivity index (χ1v) is 7.95. The standard InChI is InChI=1S/C11H12Br2N2O3S/c12-6-1-2-9(7(13)3-6)15-10(16)5-19-4-8(14)11(17)18/h1-3,8H,4-5,14H2,(H,15,16)(H,17,18)/t8-/m0/s1. The van der Waals surface area contributed by atoms with E-state index in [4.69, 9.17) is 10.8 Å². The molecule has 1 aromatic rings. The van der Waals surface area contributed by atoms with Crippen molar-refractivity contribution in [2.45, 2.75) is 6.04 Å². The van der Waals surface area contributed by atoms with E-state index in [0.29, 0.717) is 5.69 Å². The normalized spacial score (nSPS) is 11.9. The third kappa shape index (κ3) is 5.94. The molecular formula is C11H12Br2N2O3S. The predicted octanol–water partition coefficient (Wildman–Crippen LogP) is 2.30. The van der Waals surface area contributed by atoms with Crippen LogP contribution < -0.4 is 11.1 Å². The van der Waals surface area contributed by atoms with Crippen LogP contribution in [0.5, 0.6) is 0 Å². The van der Waals surface area contributed by atoms with Gasteiger partial charge in [0.25, 0.3) is 0 Å². The summed E-state index contributed by atoms with van der Waals surface area (Å²) in [5.41, 5.74) is 5.99. The van der Waals surface area contributed by atoms with Crippen LogP contribution >= 0.6 is 43.6 Å². The molecule has 1 amide bonds. The maximum absolute atomic E-state index is 11.6. The van der Waals surface area contributed by atoms with Gasteiger partial charge in [-0.3, -0.25) is 9.59 Å². The van der Waals surface area contributed by atoms with Crippen LogP contribution in [-0.4, -0.2) is 34.5 Å². The van der Waals surface area contributed by atoms with Gasteiger partial charge in [0.05, 0.1) is 11.4 Å². The zero-order valence-electron chi connectivity index (χ0n) is 9.73. The summed E-state index contributed by atoms with van der Waals surface area (Å²) in [6.07, 6.45) is 0. The predicted molar refractivity (Wildman–Crippen MR) is 83.4 cm³/mol. The fourth-order valence-electron chi connectivity index (χ4n) is 1.13. The number of aliphatic carboxylic acids is 1. The number of rotatable bonds is 6. The number of carbonyl (C=O) groups excluding carboxylic acids is 1. The number of benzene rings is 1. The zero-order valence-corrected chi connectivity index (χ0v) is 13.7. The average Bonchev–Trinajstić information content (AvgIpc) is 2.32. The molecule has 0 saturated carbocycles. The van der Waals surface area contributed by atoms with Crippen molar-refractivity contribution in [3.8, 4) is 0 Å². The van der Waals surface area contributed by atoms with Crippen molar-refractivity contribution in [1.29, 1.82) is 0 Å². The minimum Gasteiger partial charge on any atom is -0.480 e. The SMILES string of the molecule is N[C@@H](CSCC(=O)Nc1ccc(Br)cc1Br)C(=O)O. The van der Waals surface area contributed by atoms with Crippen molar-refractivity contribution < 1.29 is 14.7 Å². The van der Waals surface area contributed by atoms with E-state index in [9.17, 15) is 9.59 Å². The second-order valence-corrected chi connectivity index (χ2v) is 6.43. The first-order chi connectivity index (χ1) is 8.90. The van der Waals surface area contributed by atoms with Gasteiger partial charge in [0.1, 0.15) is 6.04 Å². The molecule has 1 rings (SSSR count). The van der Waals surface area contributed by atoms with Gasteiger partial charge in [-0.05, 0) is 34.1 Å². The minimum absolute atomic E-state index is 0.156. The molecule has 104 valence electrons. The molecule has 8 heteroatoms. The summed E-state index contributed by atoms with van der Waals surface area (Å²) in [5.74, 6) is -0.914. The Labute approximate surface area is 131 Å². The summed E-state index contributed by atoms with van der Waals surface area (Å²) in [6, 6.07) is 4.45. The summed E-state index contributed by atoms with van der Waals surface area (Å²) in [4.78, 5) is 22.1. The van der Waals surface area contributed by atoms with Crippen LogP contribution in [0, 0.1) is 0 Å². The summed E-state index contributed by atoms with van der Waals surface area (Å²) in [6.45, 7) is 0. The molecule has 0 saturated heterocycles. The third-order valence-corrected chi connectivity index (χ3v) is 4.26. The van der Waals surface area contributed by atoms with Crippen LogP contribution in [0.4, 0.5) is 5.69 Å². The molecule has 1 aromatic carbocycles. The number of carbonyl (C=O) groups is 2. The van der Waals surface area contributed by atoms with Gasteiger partial charge in [-0.2, -0.15) is 0 Å². The highest BCUT2D eigenvalue weighted by molar-refractivity contribution is 9.11. The molecule has 5 nitrogen and oxygen atoms in total. The van der Waals surface area contributed by atoms with Gasteiger partial charge in [-0.1, -0.05) is 15.9 Å². The highest BCUT2D eigenvalue weighted by atomic mass is 79.9. The summed E-state index contributed by atoms with van der Waals surface area (Å²) in [7, 11) is 0. The number of anilines is 1. The molecule has 0 heterocycles. The van der Waals surface area contributed by atoms with E-state index in [1.165, 1.54) is 11.8 Å². The molecule has 1 atom stereocenters. The third-order valence-electron chi connectivity index (χ3n) is 2.05. The molecule has 0 spiro atoms. The Morgan fingerprint density at radius 2 is 2.11 bits per heavy atom. The fraction of sp³-hybridized carbons (Fsp3) is 0.273. The lowest BCUT2D eigenvalue weighted by atomic mass is 10.3. The molecule has 0 aromatic heterocycles. The number of hydrogen-bond acceptors (Lipinski definition) is 4. The number of nitrogens with one attached hydrogen (secondary N) is 1. The van der Waals surface area contributed by atoms with Crippen molar-refractivity contribution in [1.82, 2.24) is 0 Å². The van der Waals surface area contributed by atoms with E-state index < -0.39 is 12.0 Å². The van der Waals surface area contributed by atoms with E-state index in [2.05, 4.69) is 37.2 Å². The van der Waals surface area contributed by atoms with E-state index >= 15 is 0 Å². The molecule has 0 aliphatic carbocycles. The highest BCUT2D eigenvalue weighted by Gasteiger charge is 2.12. The number of amides is 1. The summed E-state index contributed by atoms with van der Waals surface area (Å²) in [5, 5.41) is 11.3. The fourth-order valence-corrected chi connectivity index (χ4v) is 3.05. The van der Waals surface area contributed by atoms with Gasteiger partial charge in [0.15, 0.2) is 0 Å². The number of thioether (sulfide) groups is 1. The summed E-state index contributed by atoms with van der Waals surface area (Å²) >= 11 is 7.84. The Hall–Kier alpha value is -0.570. The van der Waals surface area contributed by atoms with Gasteiger partial charge >= 0.3 is 5.97 Å². The monoisotopic (exact) mass is 410 g/mol. The van der Waals surface area contributed by atoms with E-state index in [1.54, 1.807) is 6.07 Å². The highest BCUT2D eigenvalue weighted by Crippen LogP contribution is 2.26. The van der Waals surface area contributed by atoms with Crippen molar-refractivity contribution in [2.75, 3.05) is 16.8 Å². The molecular weight excluding hydrogens is 400 g/mol. The van der Waals surface area contributed by atoms with Crippen molar-refractivity contribution in [2.24, 2.45) is 5.73 Å². The van der Waals surface area contributed by atoms with Crippen LogP contribution in [0.25, 0.3) is 0 Å². The van der Waals surface area contributed by atoms with E-state index in [1.807, 2.05) is 12.1 Å². The Morgan fingerprint density at radius 1 is 1.42 bits per heavy atom. The van der Waals surface area contributed by atoms with Crippen LogP contribution in [0.2, 0.25) is 0 Å². The van der Waals surface area contributed by atoms with Crippen LogP contribution in [-0.2, 0) is 9.59 Å². The Morgan fingerprint density at radius 3 is 2.68 bits per heavy atom. The topological polar surface area (TPSA) is 92.4 Å². The molecule has 0 aliphatic rings. The van der Waals surface area contributed by atoms with Crippen molar-refractivity contribution in [3.05, 3.63) is 27.1 Å². The van der Waals surface area contributed by atoms with Gasteiger partial charge in [0.2, 0.25) is 5.91 Å². The van der Waals surface area contributed by atoms with Crippen LogP contribution in [0.1, 0.15) is 0 Å². The van der Waals surface area contributed by atoms with E-state index in [0.717, 1.165) is 8.95 Å². The van der Waals surface area contributed by atoms with Gasteiger partial charge in [0, 0.05) is 14.7 Å². The quantitative estimate of drug-likeness (QED) is 0.667. The van der Waals surface area contributed by atoms with Crippen LogP contribution in [0.3, 0.4) is 0 Å². The number of halogens is 2. The van der Waals surface area contributed by atoms with Gasteiger partial charge in [-0.25, -0.2) is 0 Å². The van der Waals surface area contributed by atoms with Gasteiger partial charge in [-0.15, -0.1) is 11.8 Å².